The lowest BCUT2D eigenvalue weighted by Gasteiger charge is -2.28. The third kappa shape index (κ3) is 5.77. The quantitative estimate of drug-likeness (QED) is 0.397. The fraction of sp³-hybridized carbons (Fsp3) is 0.292. The van der Waals surface area contributed by atoms with E-state index in [0.29, 0.717) is 18.1 Å². The molecule has 7 nitrogen and oxygen atoms in total. The Bertz CT molecular complexity index is 1030. The number of allylic oxidation sites excluding steroid dienone is 1. The van der Waals surface area contributed by atoms with Crippen molar-refractivity contribution < 1.29 is 9.53 Å². The fourth-order valence-electron chi connectivity index (χ4n) is 3.55. The highest BCUT2D eigenvalue weighted by molar-refractivity contribution is 7.99. The Balaban J connectivity index is 1.33. The van der Waals surface area contributed by atoms with E-state index in [4.69, 9.17) is 4.74 Å². The number of anilines is 2. The Hall–Kier alpha value is -3.10. The van der Waals surface area contributed by atoms with Crippen molar-refractivity contribution in [3.05, 3.63) is 78.6 Å². The Kier molecular flexibility index (Phi) is 7.58. The van der Waals surface area contributed by atoms with Crippen LogP contribution in [0.15, 0.2) is 72.4 Å². The third-order valence-corrected chi connectivity index (χ3v) is 6.14. The molecule has 2 heterocycles. The number of aromatic nitrogens is 3. The molecule has 1 N–H and O–H groups in total. The van der Waals surface area contributed by atoms with Crippen LogP contribution >= 0.6 is 11.8 Å². The highest BCUT2D eigenvalue weighted by atomic mass is 32.2. The van der Waals surface area contributed by atoms with Crippen LogP contribution in [0, 0.1) is 0 Å². The van der Waals surface area contributed by atoms with E-state index in [0.717, 1.165) is 43.5 Å². The van der Waals surface area contributed by atoms with Gasteiger partial charge in [-0.1, -0.05) is 48.2 Å². The molecule has 2 aromatic carbocycles. The van der Waals surface area contributed by atoms with Crippen molar-refractivity contribution in [1.29, 1.82) is 0 Å². The smallest absolute Gasteiger partial charge is 0.234 e. The number of carbonyl (C=O) groups is 1. The van der Waals surface area contributed by atoms with Crippen molar-refractivity contribution in [1.82, 2.24) is 14.8 Å². The molecule has 0 aliphatic carbocycles. The summed E-state index contributed by atoms with van der Waals surface area (Å²) in [4.78, 5) is 14.8. The van der Waals surface area contributed by atoms with E-state index >= 15 is 0 Å². The highest BCUT2D eigenvalue weighted by Gasteiger charge is 2.15. The molecule has 3 aromatic rings. The summed E-state index contributed by atoms with van der Waals surface area (Å²) < 4.78 is 7.41. The SMILES string of the molecule is C=CCn1c(Cc2ccccc2)nnc1SCC(=O)Nc1ccc(N2CCOCC2)cc1. The van der Waals surface area contributed by atoms with E-state index in [1.54, 1.807) is 0 Å². The first-order chi connectivity index (χ1) is 15.7. The lowest BCUT2D eigenvalue weighted by Crippen LogP contribution is -2.36. The maximum absolute atomic E-state index is 12.5. The summed E-state index contributed by atoms with van der Waals surface area (Å²) >= 11 is 1.38. The van der Waals surface area contributed by atoms with E-state index in [2.05, 4.69) is 39.1 Å². The molecular formula is C24H27N5O2S. The summed E-state index contributed by atoms with van der Waals surface area (Å²) in [6.07, 6.45) is 2.50. The van der Waals surface area contributed by atoms with Gasteiger partial charge in [0, 0.05) is 37.4 Å². The van der Waals surface area contributed by atoms with Crippen LogP contribution in [-0.2, 0) is 22.5 Å². The first-order valence-corrected chi connectivity index (χ1v) is 11.6. The summed E-state index contributed by atoms with van der Waals surface area (Å²) in [6, 6.07) is 18.1. The number of nitrogens with one attached hydrogen (secondary N) is 1. The number of hydrogen-bond donors (Lipinski definition) is 1. The van der Waals surface area contributed by atoms with Gasteiger partial charge in [-0.25, -0.2) is 0 Å². The molecule has 1 saturated heterocycles. The second-order valence-electron chi connectivity index (χ2n) is 7.44. The van der Waals surface area contributed by atoms with Crippen molar-refractivity contribution in [2.75, 3.05) is 42.3 Å². The number of rotatable bonds is 9. The van der Waals surface area contributed by atoms with Crippen molar-refractivity contribution in [3.63, 3.8) is 0 Å². The summed E-state index contributed by atoms with van der Waals surface area (Å²) in [5.74, 6) is 1.04. The minimum atomic E-state index is -0.0770. The molecule has 1 amide bonds. The molecule has 0 saturated carbocycles. The number of ether oxygens (including phenoxy) is 1. The summed E-state index contributed by atoms with van der Waals surface area (Å²) in [7, 11) is 0. The summed E-state index contributed by atoms with van der Waals surface area (Å²) in [5, 5.41) is 12.3. The van der Waals surface area contributed by atoms with Gasteiger partial charge in [-0.3, -0.25) is 4.79 Å². The standard InChI is InChI=1S/C24H27N5O2S/c1-2-12-29-22(17-19-6-4-3-5-7-19)26-27-24(29)32-18-23(30)25-20-8-10-21(11-9-20)28-13-15-31-16-14-28/h2-11H,1,12-18H2,(H,25,30). The molecule has 1 aromatic heterocycles. The van der Waals surface area contributed by atoms with Crippen LogP contribution in [0.1, 0.15) is 11.4 Å². The first-order valence-electron chi connectivity index (χ1n) is 10.7. The first kappa shape index (κ1) is 22.1. The predicted molar refractivity (Wildman–Crippen MR) is 128 cm³/mol. The van der Waals surface area contributed by atoms with E-state index < -0.39 is 0 Å². The average Bonchev–Trinajstić information content (AvgIpc) is 3.21. The fourth-order valence-corrected chi connectivity index (χ4v) is 4.32. The van der Waals surface area contributed by atoms with Gasteiger partial charge in [0.1, 0.15) is 5.82 Å². The minimum absolute atomic E-state index is 0.0770. The Morgan fingerprint density at radius 1 is 1.09 bits per heavy atom. The Morgan fingerprint density at radius 2 is 1.84 bits per heavy atom. The molecule has 1 aliphatic rings. The van der Waals surface area contributed by atoms with Crippen LogP contribution < -0.4 is 10.2 Å². The maximum Gasteiger partial charge on any atom is 0.234 e. The topological polar surface area (TPSA) is 72.3 Å². The van der Waals surface area contributed by atoms with Crippen LogP contribution in [0.25, 0.3) is 0 Å². The number of nitrogens with zero attached hydrogens (tertiary/aromatic N) is 4. The molecular weight excluding hydrogens is 422 g/mol. The van der Waals surface area contributed by atoms with Crippen molar-refractivity contribution >= 4 is 29.0 Å². The summed E-state index contributed by atoms with van der Waals surface area (Å²) in [5.41, 5.74) is 3.09. The van der Waals surface area contributed by atoms with Gasteiger partial charge in [0.25, 0.3) is 0 Å². The van der Waals surface area contributed by atoms with E-state index in [-0.39, 0.29) is 11.7 Å². The predicted octanol–water partition coefficient (Wildman–Crippen LogP) is 3.62. The van der Waals surface area contributed by atoms with E-state index in [1.165, 1.54) is 17.3 Å². The second kappa shape index (κ2) is 11.0. The van der Waals surface area contributed by atoms with E-state index in [9.17, 15) is 4.79 Å². The largest absolute Gasteiger partial charge is 0.378 e. The van der Waals surface area contributed by atoms with Gasteiger partial charge in [0.05, 0.1) is 19.0 Å². The number of thioether (sulfide) groups is 1. The number of morpholine rings is 1. The van der Waals surface area contributed by atoms with Crippen LogP contribution in [0.5, 0.6) is 0 Å². The third-order valence-electron chi connectivity index (χ3n) is 5.17. The van der Waals surface area contributed by atoms with Crippen LogP contribution in [0.3, 0.4) is 0 Å². The van der Waals surface area contributed by atoms with Crippen molar-refractivity contribution in [2.45, 2.75) is 18.1 Å². The molecule has 1 aliphatic heterocycles. The maximum atomic E-state index is 12.5. The van der Waals surface area contributed by atoms with Crippen LogP contribution in [-0.4, -0.2) is 52.7 Å². The van der Waals surface area contributed by atoms with Crippen LogP contribution in [0.2, 0.25) is 0 Å². The molecule has 32 heavy (non-hydrogen) atoms. The molecule has 4 rings (SSSR count). The van der Waals surface area contributed by atoms with Gasteiger partial charge in [0.15, 0.2) is 5.16 Å². The van der Waals surface area contributed by atoms with Gasteiger partial charge in [0.2, 0.25) is 5.91 Å². The Labute approximate surface area is 192 Å². The zero-order chi connectivity index (χ0) is 22.2. The molecule has 8 heteroatoms. The average molecular weight is 450 g/mol. The normalized spacial score (nSPS) is 13.7. The number of amides is 1. The van der Waals surface area contributed by atoms with Gasteiger partial charge < -0.3 is 19.5 Å². The Morgan fingerprint density at radius 3 is 2.56 bits per heavy atom. The summed E-state index contributed by atoms with van der Waals surface area (Å²) in [6.45, 7) is 7.72. The molecule has 0 spiro atoms. The van der Waals surface area contributed by atoms with Gasteiger partial charge >= 0.3 is 0 Å². The molecule has 0 bridgehead atoms. The lowest BCUT2D eigenvalue weighted by molar-refractivity contribution is -0.113. The van der Waals surface area contributed by atoms with E-state index in [1.807, 2.05) is 53.1 Å². The second-order valence-corrected chi connectivity index (χ2v) is 8.39. The van der Waals surface area contributed by atoms with Crippen molar-refractivity contribution in [3.8, 4) is 0 Å². The molecule has 1 fully saturated rings. The van der Waals surface area contributed by atoms with Crippen LogP contribution in [0.4, 0.5) is 11.4 Å². The molecule has 0 unspecified atom stereocenters. The number of hydrogen-bond acceptors (Lipinski definition) is 6. The molecule has 166 valence electrons. The van der Waals surface area contributed by atoms with Gasteiger partial charge in [-0.05, 0) is 29.8 Å². The zero-order valence-electron chi connectivity index (χ0n) is 17.9. The number of benzene rings is 2. The van der Waals surface area contributed by atoms with Gasteiger partial charge in [-0.2, -0.15) is 0 Å². The monoisotopic (exact) mass is 449 g/mol. The minimum Gasteiger partial charge on any atom is -0.378 e. The highest BCUT2D eigenvalue weighted by Crippen LogP contribution is 2.21. The van der Waals surface area contributed by atoms with Gasteiger partial charge in [-0.15, -0.1) is 16.8 Å². The zero-order valence-corrected chi connectivity index (χ0v) is 18.8. The number of carbonyl (C=O) groups excluding carboxylic acids is 1. The van der Waals surface area contributed by atoms with Crippen molar-refractivity contribution in [2.24, 2.45) is 0 Å². The molecule has 0 atom stereocenters. The lowest BCUT2D eigenvalue weighted by atomic mass is 10.1. The molecule has 0 radical (unpaired) electrons.